The number of rotatable bonds is 4. The van der Waals surface area contributed by atoms with Gasteiger partial charge in [-0.3, -0.25) is 0 Å². The molecule has 13 heavy (non-hydrogen) atoms. The maximum atomic E-state index is 5.96. The molecule has 0 heterocycles. The second-order valence-corrected chi connectivity index (χ2v) is 3.23. The van der Waals surface area contributed by atoms with E-state index in [1.165, 1.54) is 5.56 Å². The Labute approximate surface area is 83.9 Å². The Morgan fingerprint density at radius 3 is 2.77 bits per heavy atom. The molecule has 0 saturated carbocycles. The Kier molecular flexibility index (Phi) is 4.06. The highest BCUT2D eigenvalue weighted by atomic mass is 35.5. The summed E-state index contributed by atoms with van der Waals surface area (Å²) in [6, 6.07) is 5.87. The van der Waals surface area contributed by atoms with Gasteiger partial charge in [-0.25, -0.2) is 0 Å². The summed E-state index contributed by atoms with van der Waals surface area (Å²) < 4.78 is 5.06. The van der Waals surface area contributed by atoms with Crippen LogP contribution < -0.4 is 10.1 Å². The molecule has 0 aliphatic heterocycles. The molecule has 1 rings (SSSR count). The molecule has 0 atom stereocenters. The van der Waals surface area contributed by atoms with Crippen LogP contribution in [-0.4, -0.2) is 20.7 Å². The summed E-state index contributed by atoms with van der Waals surface area (Å²) in [7, 11) is 3.56. The quantitative estimate of drug-likeness (QED) is 0.802. The van der Waals surface area contributed by atoms with Crippen molar-refractivity contribution in [3.05, 3.63) is 28.8 Å². The zero-order valence-electron chi connectivity index (χ0n) is 7.93. The van der Waals surface area contributed by atoms with Gasteiger partial charge in [0, 0.05) is 0 Å². The lowest BCUT2D eigenvalue weighted by molar-refractivity contribution is 0.415. The number of methoxy groups -OCH3 is 1. The van der Waals surface area contributed by atoms with Crippen LogP contribution in [0.1, 0.15) is 5.56 Å². The van der Waals surface area contributed by atoms with Gasteiger partial charge in [-0.1, -0.05) is 17.7 Å². The summed E-state index contributed by atoms with van der Waals surface area (Å²) in [5.74, 6) is 0.731. The Morgan fingerprint density at radius 2 is 2.23 bits per heavy atom. The van der Waals surface area contributed by atoms with Gasteiger partial charge in [0.1, 0.15) is 5.75 Å². The fraction of sp³-hybridized carbons (Fsp3) is 0.400. The van der Waals surface area contributed by atoms with Gasteiger partial charge < -0.3 is 10.1 Å². The van der Waals surface area contributed by atoms with Gasteiger partial charge in [0.2, 0.25) is 0 Å². The first-order valence-electron chi connectivity index (χ1n) is 4.25. The van der Waals surface area contributed by atoms with Crippen LogP contribution in [-0.2, 0) is 6.42 Å². The zero-order valence-corrected chi connectivity index (χ0v) is 8.69. The van der Waals surface area contributed by atoms with Gasteiger partial charge in [0.25, 0.3) is 0 Å². The third kappa shape index (κ3) is 2.90. The lowest BCUT2D eigenvalue weighted by atomic mass is 10.1. The van der Waals surface area contributed by atoms with Crippen molar-refractivity contribution in [2.75, 3.05) is 20.7 Å². The smallest absolute Gasteiger partial charge is 0.137 e. The minimum Gasteiger partial charge on any atom is -0.495 e. The van der Waals surface area contributed by atoms with E-state index in [2.05, 4.69) is 5.32 Å². The van der Waals surface area contributed by atoms with Gasteiger partial charge in [0.15, 0.2) is 0 Å². The van der Waals surface area contributed by atoms with E-state index in [1.54, 1.807) is 7.11 Å². The normalized spacial score (nSPS) is 10.1. The largest absolute Gasteiger partial charge is 0.495 e. The zero-order chi connectivity index (χ0) is 9.68. The first-order chi connectivity index (χ1) is 6.27. The van der Waals surface area contributed by atoms with Gasteiger partial charge in [0.05, 0.1) is 12.1 Å². The molecule has 1 aromatic rings. The molecule has 0 bridgehead atoms. The van der Waals surface area contributed by atoms with Crippen molar-refractivity contribution < 1.29 is 4.74 Å². The van der Waals surface area contributed by atoms with Gasteiger partial charge in [-0.15, -0.1) is 0 Å². The van der Waals surface area contributed by atoms with Crippen molar-refractivity contribution in [1.29, 1.82) is 0 Å². The molecule has 0 aliphatic rings. The van der Waals surface area contributed by atoms with Crippen LogP contribution in [0.15, 0.2) is 18.2 Å². The molecule has 72 valence electrons. The number of nitrogens with one attached hydrogen (secondary N) is 1. The molecule has 0 unspecified atom stereocenters. The van der Waals surface area contributed by atoms with Crippen molar-refractivity contribution in [2.45, 2.75) is 6.42 Å². The fourth-order valence-electron chi connectivity index (χ4n) is 1.13. The molecule has 0 spiro atoms. The molecule has 0 radical (unpaired) electrons. The minimum atomic E-state index is 0.677. The van der Waals surface area contributed by atoms with E-state index in [0.717, 1.165) is 18.7 Å². The summed E-state index contributed by atoms with van der Waals surface area (Å²) in [5.41, 5.74) is 1.22. The van der Waals surface area contributed by atoms with Crippen LogP contribution in [0, 0.1) is 0 Å². The second kappa shape index (κ2) is 5.10. The van der Waals surface area contributed by atoms with Gasteiger partial charge >= 0.3 is 0 Å². The summed E-state index contributed by atoms with van der Waals surface area (Å²) in [6.07, 6.45) is 0.986. The van der Waals surface area contributed by atoms with E-state index in [-0.39, 0.29) is 0 Å². The Morgan fingerprint density at radius 1 is 1.46 bits per heavy atom. The number of benzene rings is 1. The number of hydrogen-bond acceptors (Lipinski definition) is 2. The third-order valence-electron chi connectivity index (χ3n) is 1.88. The molecule has 3 heteroatoms. The van der Waals surface area contributed by atoms with Crippen LogP contribution in [0.5, 0.6) is 5.75 Å². The molecule has 0 aliphatic carbocycles. The SMILES string of the molecule is CNCCc1ccc(OC)c(Cl)c1. The van der Waals surface area contributed by atoms with Crippen LogP contribution in [0.25, 0.3) is 0 Å². The number of hydrogen-bond donors (Lipinski definition) is 1. The lowest BCUT2D eigenvalue weighted by Crippen LogP contribution is -2.10. The maximum Gasteiger partial charge on any atom is 0.137 e. The molecular weight excluding hydrogens is 186 g/mol. The Bertz CT molecular complexity index is 276. The monoisotopic (exact) mass is 199 g/mol. The van der Waals surface area contributed by atoms with Crippen molar-refractivity contribution in [1.82, 2.24) is 5.32 Å². The highest BCUT2D eigenvalue weighted by Crippen LogP contribution is 2.24. The van der Waals surface area contributed by atoms with E-state index < -0.39 is 0 Å². The van der Waals surface area contributed by atoms with Crippen molar-refractivity contribution in [3.8, 4) is 5.75 Å². The van der Waals surface area contributed by atoms with Crippen LogP contribution in [0.3, 0.4) is 0 Å². The van der Waals surface area contributed by atoms with E-state index in [0.29, 0.717) is 5.02 Å². The first-order valence-corrected chi connectivity index (χ1v) is 4.62. The maximum absolute atomic E-state index is 5.96. The molecular formula is C10H14ClNO. The molecule has 1 aromatic carbocycles. The number of ether oxygens (including phenoxy) is 1. The number of likely N-dealkylation sites (N-methyl/N-ethyl adjacent to an activating group) is 1. The van der Waals surface area contributed by atoms with E-state index in [9.17, 15) is 0 Å². The minimum absolute atomic E-state index is 0.677. The highest BCUT2D eigenvalue weighted by molar-refractivity contribution is 6.32. The van der Waals surface area contributed by atoms with Crippen LogP contribution >= 0.6 is 11.6 Å². The highest BCUT2D eigenvalue weighted by Gasteiger charge is 2.00. The summed E-state index contributed by atoms with van der Waals surface area (Å²) in [5, 5.41) is 3.77. The fourth-order valence-corrected chi connectivity index (χ4v) is 1.42. The molecule has 0 fully saturated rings. The van der Waals surface area contributed by atoms with Crippen molar-refractivity contribution >= 4 is 11.6 Å². The van der Waals surface area contributed by atoms with E-state index in [4.69, 9.17) is 16.3 Å². The van der Waals surface area contributed by atoms with Crippen LogP contribution in [0.4, 0.5) is 0 Å². The predicted molar refractivity (Wildman–Crippen MR) is 55.6 cm³/mol. The third-order valence-corrected chi connectivity index (χ3v) is 2.18. The molecule has 0 aromatic heterocycles. The van der Waals surface area contributed by atoms with E-state index in [1.807, 2.05) is 25.2 Å². The average molecular weight is 200 g/mol. The molecule has 0 amide bonds. The molecule has 2 nitrogen and oxygen atoms in total. The van der Waals surface area contributed by atoms with Gasteiger partial charge in [-0.2, -0.15) is 0 Å². The van der Waals surface area contributed by atoms with E-state index >= 15 is 0 Å². The van der Waals surface area contributed by atoms with Gasteiger partial charge in [-0.05, 0) is 37.7 Å². The summed E-state index contributed by atoms with van der Waals surface area (Å²) >= 11 is 5.96. The first kappa shape index (κ1) is 10.4. The molecule has 1 N–H and O–H groups in total. The lowest BCUT2D eigenvalue weighted by Gasteiger charge is -2.05. The summed E-state index contributed by atoms with van der Waals surface area (Å²) in [4.78, 5) is 0. The Hall–Kier alpha value is -0.730. The standard InChI is InChI=1S/C10H14ClNO/c1-12-6-5-8-3-4-10(13-2)9(11)7-8/h3-4,7,12H,5-6H2,1-2H3. The second-order valence-electron chi connectivity index (χ2n) is 2.82. The number of halogens is 1. The average Bonchev–Trinajstić information content (AvgIpc) is 2.15. The van der Waals surface area contributed by atoms with Crippen molar-refractivity contribution in [2.24, 2.45) is 0 Å². The van der Waals surface area contributed by atoms with Crippen LogP contribution in [0.2, 0.25) is 5.02 Å². The topological polar surface area (TPSA) is 21.3 Å². The Balaban J connectivity index is 2.71. The molecule has 0 saturated heterocycles. The van der Waals surface area contributed by atoms with Crippen molar-refractivity contribution in [3.63, 3.8) is 0 Å². The predicted octanol–water partition coefficient (Wildman–Crippen LogP) is 2.11. The summed E-state index contributed by atoms with van der Waals surface area (Å²) in [6.45, 7) is 0.961.